The van der Waals surface area contributed by atoms with Crippen LogP contribution in [0.2, 0.25) is 0 Å². The van der Waals surface area contributed by atoms with Crippen molar-refractivity contribution < 1.29 is 9.59 Å². The molecule has 7 heteroatoms. The van der Waals surface area contributed by atoms with Gasteiger partial charge in [0, 0.05) is 22.9 Å². The van der Waals surface area contributed by atoms with Crippen LogP contribution in [0.15, 0.2) is 77.6 Å². The number of fused-ring (bicyclic) bond motifs is 1. The maximum Gasteiger partial charge on any atom is 0.326 e. The molecular weight excluding hydrogens is 440 g/mol. The summed E-state index contributed by atoms with van der Waals surface area (Å²) in [6.45, 7) is 1.90. The van der Waals surface area contributed by atoms with Gasteiger partial charge in [0.2, 0.25) is 0 Å². The molecule has 0 bridgehead atoms. The summed E-state index contributed by atoms with van der Waals surface area (Å²) in [5, 5.41) is 5.92. The van der Waals surface area contributed by atoms with Gasteiger partial charge in [0.05, 0.1) is 17.1 Å². The zero-order chi connectivity index (χ0) is 24.4. The molecule has 35 heavy (non-hydrogen) atoms. The molecule has 178 valence electrons. The zero-order valence-electron chi connectivity index (χ0n) is 19.6. The Morgan fingerprint density at radius 3 is 2.46 bits per heavy atom. The van der Waals surface area contributed by atoms with Gasteiger partial charge in [0.1, 0.15) is 0 Å². The summed E-state index contributed by atoms with van der Waals surface area (Å²) in [7, 11) is 0. The van der Waals surface area contributed by atoms with E-state index in [0.717, 1.165) is 36.8 Å². The maximum atomic E-state index is 13.0. The second-order valence-electron chi connectivity index (χ2n) is 9.11. The van der Waals surface area contributed by atoms with E-state index in [9.17, 15) is 14.4 Å². The lowest BCUT2D eigenvalue weighted by atomic mass is 10.1. The normalized spacial score (nSPS) is 14.7. The van der Waals surface area contributed by atoms with Crippen LogP contribution in [0.5, 0.6) is 0 Å². The van der Waals surface area contributed by atoms with Crippen LogP contribution in [0.3, 0.4) is 0 Å². The van der Waals surface area contributed by atoms with Gasteiger partial charge in [-0.15, -0.1) is 0 Å². The lowest BCUT2D eigenvalue weighted by Gasteiger charge is -2.16. The number of anilines is 1. The van der Waals surface area contributed by atoms with E-state index in [1.807, 2.05) is 60.0 Å². The van der Waals surface area contributed by atoms with E-state index in [0.29, 0.717) is 22.3 Å². The van der Waals surface area contributed by atoms with Gasteiger partial charge in [0.15, 0.2) is 0 Å². The highest BCUT2D eigenvalue weighted by molar-refractivity contribution is 6.04. The van der Waals surface area contributed by atoms with E-state index in [4.69, 9.17) is 0 Å². The molecule has 1 aromatic heterocycles. The third kappa shape index (κ3) is 4.75. The SMILES string of the molecule is CC(NC(=O)c1ccc2c(c1)[nH]c(=O)n2C1CCCC1)c1cccc(NC(=O)c2ccccc2)c1. The van der Waals surface area contributed by atoms with E-state index < -0.39 is 0 Å². The van der Waals surface area contributed by atoms with E-state index in [1.54, 1.807) is 24.3 Å². The molecule has 0 saturated heterocycles. The van der Waals surface area contributed by atoms with Crippen molar-refractivity contribution in [1.82, 2.24) is 14.9 Å². The van der Waals surface area contributed by atoms with Crippen molar-refractivity contribution >= 4 is 28.5 Å². The second kappa shape index (κ2) is 9.62. The number of hydrogen-bond acceptors (Lipinski definition) is 3. The van der Waals surface area contributed by atoms with Crippen LogP contribution in [0.1, 0.15) is 71.0 Å². The predicted molar refractivity (Wildman–Crippen MR) is 137 cm³/mol. The highest BCUT2D eigenvalue weighted by Gasteiger charge is 2.22. The molecule has 1 heterocycles. The van der Waals surface area contributed by atoms with Gasteiger partial charge in [0.25, 0.3) is 11.8 Å². The molecule has 2 amide bonds. The third-order valence-electron chi connectivity index (χ3n) is 6.70. The smallest absolute Gasteiger partial charge is 0.326 e. The van der Waals surface area contributed by atoms with Crippen LogP contribution in [0.4, 0.5) is 5.69 Å². The van der Waals surface area contributed by atoms with Gasteiger partial charge in [-0.25, -0.2) is 4.79 Å². The monoisotopic (exact) mass is 468 g/mol. The summed E-state index contributed by atoms with van der Waals surface area (Å²) in [5.41, 5.74) is 3.98. The summed E-state index contributed by atoms with van der Waals surface area (Å²) in [6.07, 6.45) is 4.30. The zero-order valence-corrected chi connectivity index (χ0v) is 19.6. The van der Waals surface area contributed by atoms with E-state index in [2.05, 4.69) is 15.6 Å². The number of aromatic nitrogens is 2. The number of hydrogen-bond donors (Lipinski definition) is 3. The average molecular weight is 469 g/mol. The summed E-state index contributed by atoms with van der Waals surface area (Å²) >= 11 is 0. The van der Waals surface area contributed by atoms with Crippen LogP contribution in [-0.2, 0) is 0 Å². The number of aromatic amines is 1. The molecule has 5 rings (SSSR count). The molecule has 3 N–H and O–H groups in total. The van der Waals surface area contributed by atoms with Crippen molar-refractivity contribution in [1.29, 1.82) is 0 Å². The molecule has 1 aliphatic rings. The van der Waals surface area contributed by atoms with Gasteiger partial charge in [-0.1, -0.05) is 43.2 Å². The Labute approximate surface area is 203 Å². The van der Waals surface area contributed by atoms with Crippen molar-refractivity contribution in [2.45, 2.75) is 44.7 Å². The maximum absolute atomic E-state index is 13.0. The lowest BCUT2D eigenvalue weighted by molar-refractivity contribution is 0.0939. The molecule has 0 radical (unpaired) electrons. The Kier molecular flexibility index (Phi) is 6.23. The van der Waals surface area contributed by atoms with Gasteiger partial charge in [-0.2, -0.15) is 0 Å². The molecule has 0 aliphatic heterocycles. The summed E-state index contributed by atoms with van der Waals surface area (Å²) in [4.78, 5) is 40.9. The van der Waals surface area contributed by atoms with Crippen molar-refractivity contribution in [3.05, 3.63) is 100.0 Å². The predicted octanol–water partition coefficient (Wildman–Crippen LogP) is 5.19. The number of carbonyl (C=O) groups excluding carboxylic acids is 2. The quantitative estimate of drug-likeness (QED) is 0.363. The Bertz CT molecular complexity index is 1430. The van der Waals surface area contributed by atoms with Crippen molar-refractivity contribution in [3.8, 4) is 0 Å². The van der Waals surface area contributed by atoms with Crippen molar-refractivity contribution in [2.75, 3.05) is 5.32 Å². The molecule has 1 aliphatic carbocycles. The van der Waals surface area contributed by atoms with Gasteiger partial charge in [-0.05, 0) is 67.8 Å². The number of nitrogens with one attached hydrogen (secondary N) is 3. The molecule has 1 saturated carbocycles. The molecule has 0 spiro atoms. The highest BCUT2D eigenvalue weighted by atomic mass is 16.2. The van der Waals surface area contributed by atoms with Crippen LogP contribution < -0.4 is 16.3 Å². The minimum absolute atomic E-state index is 0.118. The highest BCUT2D eigenvalue weighted by Crippen LogP contribution is 2.30. The lowest BCUT2D eigenvalue weighted by Crippen LogP contribution is -2.26. The number of nitrogens with zero attached hydrogens (tertiary/aromatic N) is 1. The van der Waals surface area contributed by atoms with Crippen LogP contribution in [0, 0.1) is 0 Å². The number of amides is 2. The van der Waals surface area contributed by atoms with E-state index >= 15 is 0 Å². The number of rotatable bonds is 6. The Hall–Kier alpha value is -4.13. The van der Waals surface area contributed by atoms with Gasteiger partial charge in [-0.3, -0.25) is 14.2 Å². The number of H-pyrrole nitrogens is 1. The van der Waals surface area contributed by atoms with Gasteiger partial charge >= 0.3 is 5.69 Å². The second-order valence-corrected chi connectivity index (χ2v) is 9.11. The number of imidazole rings is 1. The Morgan fingerprint density at radius 2 is 1.69 bits per heavy atom. The van der Waals surface area contributed by atoms with Crippen LogP contribution in [-0.4, -0.2) is 21.4 Å². The molecular formula is C28H28N4O3. The van der Waals surface area contributed by atoms with E-state index in [1.165, 1.54) is 0 Å². The fourth-order valence-corrected chi connectivity index (χ4v) is 4.84. The fourth-order valence-electron chi connectivity index (χ4n) is 4.84. The van der Waals surface area contributed by atoms with E-state index in [-0.39, 0.29) is 29.6 Å². The minimum Gasteiger partial charge on any atom is -0.346 e. The first kappa shape index (κ1) is 22.7. The molecule has 3 aromatic carbocycles. The first-order valence-corrected chi connectivity index (χ1v) is 12.0. The Morgan fingerprint density at radius 1 is 0.914 bits per heavy atom. The molecule has 1 unspecified atom stereocenters. The third-order valence-corrected chi connectivity index (χ3v) is 6.70. The van der Waals surface area contributed by atoms with Crippen molar-refractivity contribution in [2.24, 2.45) is 0 Å². The van der Waals surface area contributed by atoms with Crippen LogP contribution >= 0.6 is 0 Å². The number of carbonyl (C=O) groups is 2. The van der Waals surface area contributed by atoms with Gasteiger partial charge < -0.3 is 15.6 Å². The minimum atomic E-state index is -0.283. The summed E-state index contributed by atoms with van der Waals surface area (Å²) < 4.78 is 1.84. The topological polar surface area (TPSA) is 96.0 Å². The Balaban J connectivity index is 1.29. The largest absolute Gasteiger partial charge is 0.346 e. The molecule has 1 fully saturated rings. The van der Waals surface area contributed by atoms with Crippen molar-refractivity contribution in [3.63, 3.8) is 0 Å². The average Bonchev–Trinajstić information content (AvgIpc) is 3.51. The number of benzene rings is 3. The summed E-state index contributed by atoms with van der Waals surface area (Å²) in [5.74, 6) is -0.418. The first-order chi connectivity index (χ1) is 17.0. The first-order valence-electron chi connectivity index (χ1n) is 12.0. The fraction of sp³-hybridized carbons (Fsp3) is 0.250. The van der Waals surface area contributed by atoms with Crippen LogP contribution in [0.25, 0.3) is 11.0 Å². The summed E-state index contributed by atoms with van der Waals surface area (Å²) in [6, 6.07) is 21.7. The standard InChI is InChI=1S/C28H28N4O3/c1-18(20-10-7-11-22(16-20)30-26(33)19-8-3-2-4-9-19)29-27(34)21-14-15-25-24(17-21)31-28(35)32(25)23-12-5-6-13-23/h2-4,7-11,14-18,23H,5-6,12-13H2,1H3,(H,29,34)(H,30,33)(H,31,35). The molecule has 7 nitrogen and oxygen atoms in total. The molecule has 4 aromatic rings. The molecule has 1 atom stereocenters.